The number of amides is 3. The van der Waals surface area contributed by atoms with Crippen molar-refractivity contribution in [1.82, 2.24) is 44.9 Å². The van der Waals surface area contributed by atoms with E-state index in [9.17, 15) is 19.5 Å². The highest BCUT2D eigenvalue weighted by atomic mass is 32.1. The number of benzene rings is 2. The number of carbonyl (C=O) groups excluding carboxylic acids is 3. The molecule has 18 nitrogen and oxygen atoms in total. The topological polar surface area (TPSA) is 215 Å². The molecule has 0 aliphatic carbocycles. The number of thiazole rings is 1. The Bertz CT molecular complexity index is 2870. The van der Waals surface area contributed by atoms with Gasteiger partial charge in [0.25, 0.3) is 0 Å². The van der Waals surface area contributed by atoms with Gasteiger partial charge in [-0.05, 0) is 66.8 Å². The van der Waals surface area contributed by atoms with E-state index in [0.717, 1.165) is 52.6 Å². The molecule has 6 aromatic rings. The number of piperazine rings is 1. The number of nitrogens with two attached hydrogens (primary N) is 1. The van der Waals surface area contributed by atoms with Crippen LogP contribution in [0.15, 0.2) is 78.4 Å². The summed E-state index contributed by atoms with van der Waals surface area (Å²) in [6.45, 7) is 15.9. The van der Waals surface area contributed by atoms with E-state index in [1.807, 2.05) is 99.3 Å². The highest BCUT2D eigenvalue weighted by Crippen LogP contribution is 2.32. The maximum Gasteiger partial charge on any atom is 0.243 e. The number of imidazole rings is 1. The fraction of sp³-hybridized carbons (Fsp3) is 0.463. The Morgan fingerprint density at radius 3 is 2.28 bits per heavy atom. The maximum absolute atomic E-state index is 15.8. The number of halogens is 1. The predicted octanol–water partition coefficient (Wildman–Crippen LogP) is 5.56. The molecule has 394 valence electrons. The number of carbonyl (C=O) groups is 3. The van der Waals surface area contributed by atoms with Crippen molar-refractivity contribution < 1.29 is 38.1 Å². The second-order valence-corrected chi connectivity index (χ2v) is 20.7. The van der Waals surface area contributed by atoms with Crippen molar-refractivity contribution >= 4 is 51.7 Å². The lowest BCUT2D eigenvalue weighted by atomic mass is 9.79. The molecule has 4 aromatic heterocycles. The van der Waals surface area contributed by atoms with Crippen LogP contribution in [-0.2, 0) is 35.1 Å². The highest BCUT2D eigenvalue weighted by Gasteiger charge is 2.44. The van der Waals surface area contributed by atoms with Gasteiger partial charge in [-0.1, -0.05) is 45.0 Å². The second kappa shape index (κ2) is 24.7. The van der Waals surface area contributed by atoms with Crippen molar-refractivity contribution in [1.29, 1.82) is 0 Å². The van der Waals surface area contributed by atoms with Crippen LogP contribution in [0.5, 0.6) is 0 Å². The van der Waals surface area contributed by atoms with Crippen molar-refractivity contribution in [2.45, 2.75) is 66.2 Å². The van der Waals surface area contributed by atoms with Crippen LogP contribution in [0.4, 0.5) is 15.9 Å². The van der Waals surface area contributed by atoms with Crippen molar-refractivity contribution in [2.24, 2.45) is 11.3 Å². The molecule has 0 saturated carbocycles. The lowest BCUT2D eigenvalue weighted by molar-refractivity contribution is -0.144. The molecule has 2 saturated heterocycles. The first-order valence-electron chi connectivity index (χ1n) is 25.2. The summed E-state index contributed by atoms with van der Waals surface area (Å²) in [4.78, 5) is 65.2. The summed E-state index contributed by atoms with van der Waals surface area (Å²) >= 11 is 1.58. The molecule has 2 aromatic carbocycles. The van der Waals surface area contributed by atoms with E-state index in [4.69, 9.17) is 24.9 Å². The number of ether oxygens (including phenoxy) is 3. The Morgan fingerprint density at radius 1 is 0.865 bits per heavy atom. The zero-order valence-corrected chi connectivity index (χ0v) is 43.7. The summed E-state index contributed by atoms with van der Waals surface area (Å²) in [6.07, 6.45) is 1.06. The molecule has 20 heteroatoms. The summed E-state index contributed by atoms with van der Waals surface area (Å²) in [5, 5.41) is 16.4. The van der Waals surface area contributed by atoms with E-state index in [-0.39, 0.29) is 62.6 Å². The van der Waals surface area contributed by atoms with Crippen LogP contribution in [0, 0.1) is 31.0 Å². The van der Waals surface area contributed by atoms with E-state index >= 15 is 4.39 Å². The normalized spacial score (nSPS) is 16.7. The molecular weight excluding hydrogens is 966 g/mol. The van der Waals surface area contributed by atoms with Crippen LogP contribution in [0.1, 0.15) is 50.7 Å². The van der Waals surface area contributed by atoms with Gasteiger partial charge in [0, 0.05) is 83.0 Å². The van der Waals surface area contributed by atoms with Crippen molar-refractivity contribution in [3.8, 4) is 27.4 Å². The average molecular weight is 1030 g/mol. The molecule has 0 unspecified atom stereocenters. The lowest BCUT2D eigenvalue weighted by Gasteiger charge is -2.36. The SMILES string of the molecule is Cc1ncsc1-c1ccc(CNC(=O)[C@@H]2C[C@@H](O)CN2C(=O)[C@@H](CNC(=O)CCOCCOCCOCCN2CCN(c3ccc(-n4c(C)nc5ccc(-c6ccnc(N)c6)nc54)cc3F)CC2)C(C)(C)C)cc1. The fourth-order valence-electron chi connectivity index (χ4n) is 9.39. The van der Waals surface area contributed by atoms with Crippen LogP contribution in [-0.4, -0.2) is 155 Å². The van der Waals surface area contributed by atoms with Crippen molar-refractivity contribution in [3.05, 3.63) is 101 Å². The molecule has 5 N–H and O–H groups in total. The quantitative estimate of drug-likeness (QED) is 0.0613. The Morgan fingerprint density at radius 2 is 1.59 bits per heavy atom. The molecule has 6 heterocycles. The summed E-state index contributed by atoms with van der Waals surface area (Å²) in [5.74, 6) is -0.700. The maximum atomic E-state index is 15.8. The standard InChI is InChI=1S/C54H68FN11O7S/c1-35-50(74-34-60-35)38-8-6-37(7-9-38)31-59-52(69)47-30-41(67)33-65(47)53(70)42(54(3,4)5)32-58-49(68)15-22-71-24-26-73-27-25-72-23-21-63-17-19-64(20-18-63)46-13-10-40(29-43(46)55)66-36(2)61-45-12-11-44(62-51(45)66)39-14-16-57-48(56)28-39/h6-14,16,28-29,34,41-42,47,67H,15,17-27,30-33H2,1-5H3,(H2,56,57)(H,58,68)(H,59,69)/t41-,42-,47+/m1/s1. The van der Waals surface area contributed by atoms with Crippen molar-refractivity contribution in [3.63, 3.8) is 0 Å². The van der Waals surface area contributed by atoms with Gasteiger partial charge < -0.3 is 45.5 Å². The van der Waals surface area contributed by atoms with Crippen molar-refractivity contribution in [2.75, 3.05) is 96.1 Å². The van der Waals surface area contributed by atoms with E-state index in [0.29, 0.717) is 80.3 Å². The Labute approximate surface area is 435 Å². The van der Waals surface area contributed by atoms with E-state index in [1.54, 1.807) is 29.7 Å². The highest BCUT2D eigenvalue weighted by molar-refractivity contribution is 7.13. The number of aliphatic hydroxyl groups is 1. The Balaban J connectivity index is 0.676. The van der Waals surface area contributed by atoms with Gasteiger partial charge in [-0.15, -0.1) is 11.3 Å². The van der Waals surface area contributed by atoms with Crippen LogP contribution >= 0.6 is 11.3 Å². The zero-order chi connectivity index (χ0) is 52.4. The number of fused-ring (bicyclic) bond motifs is 1. The van der Waals surface area contributed by atoms with Gasteiger partial charge in [0.2, 0.25) is 17.7 Å². The van der Waals surface area contributed by atoms with Gasteiger partial charge in [-0.25, -0.2) is 24.3 Å². The molecule has 0 radical (unpaired) electrons. The number of rotatable bonds is 22. The average Bonchev–Trinajstić information content (AvgIpc) is 4.10. The number of aliphatic hydroxyl groups excluding tert-OH is 1. The number of hydrogen-bond acceptors (Lipinski definition) is 15. The first-order chi connectivity index (χ1) is 35.6. The summed E-state index contributed by atoms with van der Waals surface area (Å²) < 4.78 is 34.8. The molecule has 0 spiro atoms. The third kappa shape index (κ3) is 13.6. The first-order valence-corrected chi connectivity index (χ1v) is 26.1. The van der Waals surface area contributed by atoms with Gasteiger partial charge in [0.1, 0.15) is 29.0 Å². The molecule has 3 amide bonds. The van der Waals surface area contributed by atoms with E-state index in [2.05, 4.69) is 35.4 Å². The van der Waals surface area contributed by atoms with E-state index in [1.165, 1.54) is 4.90 Å². The summed E-state index contributed by atoms with van der Waals surface area (Å²) in [5.41, 5.74) is 14.2. The molecule has 8 rings (SSSR count). The van der Waals surface area contributed by atoms with E-state index < -0.39 is 23.5 Å². The van der Waals surface area contributed by atoms with Gasteiger partial charge >= 0.3 is 0 Å². The molecule has 74 heavy (non-hydrogen) atoms. The number of anilines is 2. The van der Waals surface area contributed by atoms with Crippen LogP contribution in [0.25, 0.3) is 38.5 Å². The minimum atomic E-state index is -0.831. The zero-order valence-electron chi connectivity index (χ0n) is 42.9. The van der Waals surface area contributed by atoms with Crippen LogP contribution < -0.4 is 21.3 Å². The minimum absolute atomic E-state index is 0.0437. The fourth-order valence-corrected chi connectivity index (χ4v) is 10.2. The van der Waals surface area contributed by atoms with Crippen LogP contribution in [0.2, 0.25) is 0 Å². The first kappa shape index (κ1) is 53.9. The smallest absolute Gasteiger partial charge is 0.243 e. The number of nitrogen functional groups attached to an aromatic ring is 1. The monoisotopic (exact) mass is 1030 g/mol. The number of β-amino-alcohol motifs (C(OH)–C–C–N with tert-alkyl or cyclic N) is 1. The molecule has 2 aliphatic heterocycles. The van der Waals surface area contributed by atoms with Gasteiger partial charge in [0.05, 0.1) is 84.8 Å². The predicted molar refractivity (Wildman–Crippen MR) is 283 cm³/mol. The number of pyridine rings is 2. The molecule has 3 atom stereocenters. The largest absolute Gasteiger partial charge is 0.391 e. The number of aryl methyl sites for hydroxylation is 2. The van der Waals surface area contributed by atoms with Gasteiger partial charge in [-0.3, -0.25) is 23.9 Å². The number of aromatic nitrogens is 5. The summed E-state index contributed by atoms with van der Waals surface area (Å²) in [7, 11) is 0. The minimum Gasteiger partial charge on any atom is -0.391 e. The third-order valence-corrected chi connectivity index (χ3v) is 14.5. The van der Waals surface area contributed by atoms with Gasteiger partial charge in [-0.2, -0.15) is 0 Å². The molecular formula is C54H68FN11O7S. The number of nitrogens with one attached hydrogen (secondary N) is 2. The lowest BCUT2D eigenvalue weighted by Crippen LogP contribution is -2.52. The van der Waals surface area contributed by atoms with Gasteiger partial charge in [0.15, 0.2) is 5.65 Å². The molecule has 0 bridgehead atoms. The second-order valence-electron chi connectivity index (χ2n) is 19.9. The molecule has 2 aliphatic rings. The Hall–Kier alpha value is -6.42. The Kier molecular flexibility index (Phi) is 18.0. The van der Waals surface area contributed by atoms with Crippen LogP contribution in [0.3, 0.4) is 0 Å². The molecule has 2 fully saturated rings. The summed E-state index contributed by atoms with van der Waals surface area (Å²) in [6, 6.07) is 19.8. The number of hydrogen-bond donors (Lipinski definition) is 4. The number of nitrogens with zero attached hydrogens (tertiary/aromatic N) is 8. The third-order valence-electron chi connectivity index (χ3n) is 13.6. The number of likely N-dealkylation sites (tertiary alicyclic amines) is 1.